The van der Waals surface area contributed by atoms with E-state index in [2.05, 4.69) is 31.2 Å². The van der Waals surface area contributed by atoms with Gasteiger partial charge >= 0.3 is 6.03 Å². The van der Waals surface area contributed by atoms with Crippen molar-refractivity contribution in [3.8, 4) is 5.88 Å². The number of hydrogen-bond acceptors (Lipinski definition) is 9. The first-order valence-corrected chi connectivity index (χ1v) is 16.0. The predicted octanol–water partition coefficient (Wildman–Crippen LogP) is 2.88. The van der Waals surface area contributed by atoms with Crippen molar-refractivity contribution >= 4 is 52.9 Å². The van der Waals surface area contributed by atoms with Crippen LogP contribution in [0, 0.1) is 0 Å². The second kappa shape index (κ2) is 16.3. The van der Waals surface area contributed by atoms with E-state index in [9.17, 15) is 19.2 Å². The number of unbranched alkanes of at least 4 members (excludes halogenated alkanes) is 3. The molecule has 0 radical (unpaired) electrons. The van der Waals surface area contributed by atoms with E-state index in [-0.39, 0.29) is 60.6 Å². The average Bonchev–Trinajstić information content (AvgIpc) is 3.53. The highest BCUT2D eigenvalue weighted by Gasteiger charge is 2.42. The van der Waals surface area contributed by atoms with Gasteiger partial charge in [0.05, 0.1) is 12.1 Å². The summed E-state index contributed by atoms with van der Waals surface area (Å²) < 4.78 is 5.58. The first kappa shape index (κ1) is 32.3. The Morgan fingerprint density at radius 1 is 1.00 bits per heavy atom. The SMILES string of the molecule is Nc1nc(Cl)cc(OCc2ccc(CNC(=O)C(=O)CCCCCNC(=O)CCCC[C@@H]3SC[C@@H]4NC(=O)N[C@@H]43)cc2)n1. The van der Waals surface area contributed by atoms with Crippen molar-refractivity contribution in [2.75, 3.05) is 18.0 Å². The van der Waals surface area contributed by atoms with Crippen molar-refractivity contribution in [1.82, 2.24) is 31.2 Å². The van der Waals surface area contributed by atoms with Gasteiger partial charge in [0.2, 0.25) is 23.5 Å². The number of Topliss-reactive ketones (excluding diaryl/α,β-unsaturated/α-hetero) is 1. The normalized spacial score (nSPS) is 18.8. The van der Waals surface area contributed by atoms with E-state index in [1.807, 2.05) is 36.0 Å². The molecule has 2 saturated heterocycles. The highest BCUT2D eigenvalue weighted by molar-refractivity contribution is 8.00. The molecule has 2 aliphatic rings. The number of anilines is 1. The van der Waals surface area contributed by atoms with E-state index < -0.39 is 11.7 Å². The number of aromatic nitrogens is 2. The maximum absolute atomic E-state index is 12.2. The number of thioether (sulfide) groups is 1. The van der Waals surface area contributed by atoms with Crippen LogP contribution >= 0.6 is 23.4 Å². The number of nitrogens with one attached hydrogen (secondary N) is 4. The molecule has 2 aromatic rings. The number of fused-ring (bicyclic) bond motifs is 1. The third-order valence-corrected chi connectivity index (χ3v) is 8.99. The number of nitrogen functional groups attached to an aromatic ring is 1. The summed E-state index contributed by atoms with van der Waals surface area (Å²) in [6, 6.07) is 9.23. The number of rotatable bonds is 17. The van der Waals surface area contributed by atoms with Gasteiger partial charge in [0.1, 0.15) is 11.8 Å². The molecule has 3 heterocycles. The zero-order chi connectivity index (χ0) is 30.6. The number of nitrogens with zero attached hydrogens (tertiary/aromatic N) is 2. The highest BCUT2D eigenvalue weighted by Crippen LogP contribution is 2.33. The van der Waals surface area contributed by atoms with Crippen molar-refractivity contribution in [2.45, 2.75) is 81.9 Å². The number of hydrogen-bond donors (Lipinski definition) is 5. The lowest BCUT2D eigenvalue weighted by molar-refractivity contribution is -0.138. The van der Waals surface area contributed by atoms with E-state index >= 15 is 0 Å². The lowest BCUT2D eigenvalue weighted by atomic mass is 10.0. The summed E-state index contributed by atoms with van der Waals surface area (Å²) in [6.07, 6.45) is 5.51. The number of urea groups is 1. The molecule has 4 rings (SSSR count). The van der Waals surface area contributed by atoms with E-state index in [0.29, 0.717) is 24.6 Å². The fraction of sp³-hybridized carbons (Fsp3) is 0.517. The summed E-state index contributed by atoms with van der Waals surface area (Å²) in [5.41, 5.74) is 7.29. The molecule has 0 unspecified atom stereocenters. The first-order chi connectivity index (χ1) is 20.8. The minimum atomic E-state index is -0.600. The van der Waals surface area contributed by atoms with Crippen molar-refractivity contribution in [2.24, 2.45) is 0 Å². The summed E-state index contributed by atoms with van der Waals surface area (Å²) in [4.78, 5) is 55.7. The number of carbonyl (C=O) groups excluding carboxylic acids is 4. The number of benzene rings is 1. The van der Waals surface area contributed by atoms with Gasteiger partial charge in [-0.3, -0.25) is 14.4 Å². The third kappa shape index (κ3) is 10.6. The molecule has 6 N–H and O–H groups in total. The molecule has 14 heteroatoms. The molecule has 0 bridgehead atoms. The topological polar surface area (TPSA) is 177 Å². The number of amides is 4. The van der Waals surface area contributed by atoms with Crippen LogP contribution in [-0.2, 0) is 27.5 Å². The fourth-order valence-electron chi connectivity index (χ4n) is 4.97. The molecule has 0 aliphatic carbocycles. The molecule has 1 aromatic heterocycles. The standard InChI is InChI=1S/C29H38ClN7O5S/c30-23-14-25(36-28(31)35-23)42-16-19-11-9-18(10-12-19)15-33-27(40)21(38)6-2-1-5-13-32-24(39)8-4-3-7-22-26-20(17-43-22)34-29(41)37-26/h9-12,14,20,22,26H,1-8,13,15-17H2,(H,32,39)(H,33,40)(H2,31,35,36)(H2,34,37,41)/t20-,22-,26-/m0/s1. The van der Waals surface area contributed by atoms with Crippen LogP contribution in [0.3, 0.4) is 0 Å². The van der Waals surface area contributed by atoms with Gasteiger partial charge in [-0.2, -0.15) is 16.7 Å². The van der Waals surface area contributed by atoms with Gasteiger partial charge < -0.3 is 31.7 Å². The molecule has 0 spiro atoms. The minimum absolute atomic E-state index is 0.0303. The van der Waals surface area contributed by atoms with Crippen LogP contribution in [0.2, 0.25) is 5.15 Å². The van der Waals surface area contributed by atoms with E-state index in [1.165, 1.54) is 6.07 Å². The van der Waals surface area contributed by atoms with Crippen molar-refractivity contribution < 1.29 is 23.9 Å². The van der Waals surface area contributed by atoms with Gasteiger partial charge in [0.25, 0.3) is 5.91 Å². The Morgan fingerprint density at radius 2 is 1.77 bits per heavy atom. The lowest BCUT2D eigenvalue weighted by Crippen LogP contribution is -2.36. The van der Waals surface area contributed by atoms with Crippen LogP contribution in [0.4, 0.5) is 10.7 Å². The molecule has 232 valence electrons. The van der Waals surface area contributed by atoms with Crippen molar-refractivity contribution in [1.29, 1.82) is 0 Å². The smallest absolute Gasteiger partial charge is 0.315 e. The summed E-state index contributed by atoms with van der Waals surface area (Å²) in [5, 5.41) is 12.1. The molecular formula is C29H38ClN7O5S. The number of ketones is 1. The van der Waals surface area contributed by atoms with E-state index in [1.54, 1.807) is 0 Å². The van der Waals surface area contributed by atoms with E-state index in [0.717, 1.165) is 49.0 Å². The number of carbonyl (C=O) groups is 4. The predicted molar refractivity (Wildman–Crippen MR) is 165 cm³/mol. The van der Waals surface area contributed by atoms with Crippen LogP contribution < -0.4 is 31.7 Å². The quantitative estimate of drug-likeness (QED) is 0.0760. The Morgan fingerprint density at radius 3 is 2.56 bits per heavy atom. The molecule has 2 fully saturated rings. The Kier molecular flexibility index (Phi) is 12.3. The second-order valence-electron chi connectivity index (χ2n) is 10.6. The van der Waals surface area contributed by atoms with Crippen LogP contribution in [0.25, 0.3) is 0 Å². The van der Waals surface area contributed by atoms with Crippen LogP contribution in [0.1, 0.15) is 62.5 Å². The second-order valence-corrected chi connectivity index (χ2v) is 12.3. The zero-order valence-electron chi connectivity index (χ0n) is 23.9. The van der Waals surface area contributed by atoms with Gasteiger partial charge in [-0.05, 0) is 36.8 Å². The van der Waals surface area contributed by atoms with Gasteiger partial charge in [-0.15, -0.1) is 0 Å². The zero-order valence-corrected chi connectivity index (χ0v) is 25.5. The highest BCUT2D eigenvalue weighted by atomic mass is 35.5. The Bertz CT molecular complexity index is 1260. The summed E-state index contributed by atoms with van der Waals surface area (Å²) in [7, 11) is 0. The largest absolute Gasteiger partial charge is 0.473 e. The molecule has 0 saturated carbocycles. The summed E-state index contributed by atoms with van der Waals surface area (Å²) >= 11 is 7.73. The monoisotopic (exact) mass is 631 g/mol. The first-order valence-electron chi connectivity index (χ1n) is 14.5. The molecule has 1 aromatic carbocycles. The lowest BCUT2D eigenvalue weighted by Gasteiger charge is -2.16. The third-order valence-electron chi connectivity index (χ3n) is 7.29. The molecule has 12 nitrogen and oxygen atoms in total. The molecule has 3 atom stereocenters. The van der Waals surface area contributed by atoms with Gasteiger partial charge in [0.15, 0.2) is 0 Å². The Balaban J connectivity index is 0.992. The average molecular weight is 632 g/mol. The van der Waals surface area contributed by atoms with Crippen LogP contribution in [-0.4, -0.2) is 63.2 Å². The van der Waals surface area contributed by atoms with Crippen molar-refractivity contribution in [3.05, 3.63) is 46.6 Å². The maximum atomic E-state index is 12.2. The Labute approximate surface area is 260 Å². The summed E-state index contributed by atoms with van der Waals surface area (Å²) in [6.45, 7) is 1.05. The molecular weight excluding hydrogens is 594 g/mol. The molecule has 43 heavy (non-hydrogen) atoms. The van der Waals surface area contributed by atoms with Crippen LogP contribution in [0.15, 0.2) is 30.3 Å². The number of nitrogens with two attached hydrogens (primary N) is 1. The van der Waals surface area contributed by atoms with Gasteiger partial charge in [-0.25, -0.2) is 9.78 Å². The number of ether oxygens (including phenoxy) is 1. The maximum Gasteiger partial charge on any atom is 0.315 e. The summed E-state index contributed by atoms with van der Waals surface area (Å²) in [5.74, 6) is 0.231. The fourth-order valence-corrected chi connectivity index (χ4v) is 6.69. The van der Waals surface area contributed by atoms with E-state index in [4.69, 9.17) is 22.1 Å². The van der Waals surface area contributed by atoms with Crippen molar-refractivity contribution in [3.63, 3.8) is 0 Å². The number of halogens is 1. The Hall–Kier alpha value is -3.58. The molecule has 2 aliphatic heterocycles. The molecule has 4 amide bonds. The van der Waals surface area contributed by atoms with Crippen LogP contribution in [0.5, 0.6) is 5.88 Å². The van der Waals surface area contributed by atoms with Gasteiger partial charge in [-0.1, -0.05) is 48.7 Å². The minimum Gasteiger partial charge on any atom is -0.473 e. The van der Waals surface area contributed by atoms with Gasteiger partial charge in [0, 0.05) is 43.0 Å².